The first-order valence-electron chi connectivity index (χ1n) is 11.8. The SMILES string of the molecule is CCCc1ccc(Nc2ccc3c(c2)[C@@]2(C)CCN(CC4CC4)[C@H](C3=O)[C@@H]2C)cc1. The fourth-order valence-electron chi connectivity index (χ4n) is 5.70. The smallest absolute Gasteiger partial charge is 0.180 e. The maximum atomic E-state index is 13.5. The van der Waals surface area contributed by atoms with Gasteiger partial charge in [0.2, 0.25) is 0 Å². The molecule has 1 heterocycles. The van der Waals surface area contributed by atoms with Crippen LogP contribution in [0.3, 0.4) is 0 Å². The van der Waals surface area contributed by atoms with Crippen molar-refractivity contribution in [1.82, 2.24) is 4.90 Å². The minimum Gasteiger partial charge on any atom is -0.356 e. The van der Waals surface area contributed by atoms with Crippen LogP contribution < -0.4 is 5.32 Å². The van der Waals surface area contributed by atoms with Crippen LogP contribution in [0.1, 0.15) is 67.9 Å². The van der Waals surface area contributed by atoms with Crippen LogP contribution in [0.4, 0.5) is 11.4 Å². The second-order valence-corrected chi connectivity index (χ2v) is 10.0. The first kappa shape index (κ1) is 19.8. The number of nitrogens with zero attached hydrogens (tertiary/aromatic N) is 1. The van der Waals surface area contributed by atoms with Crippen molar-refractivity contribution in [2.45, 2.75) is 64.3 Å². The Balaban J connectivity index is 1.43. The Kier molecular flexibility index (Phi) is 4.97. The van der Waals surface area contributed by atoms with Crippen LogP contribution in [-0.4, -0.2) is 29.8 Å². The molecule has 3 nitrogen and oxygen atoms in total. The topological polar surface area (TPSA) is 32.3 Å². The Morgan fingerprint density at radius 2 is 1.83 bits per heavy atom. The summed E-state index contributed by atoms with van der Waals surface area (Å²) in [6.45, 7) is 9.05. The highest BCUT2D eigenvalue weighted by atomic mass is 16.1. The van der Waals surface area contributed by atoms with E-state index in [-0.39, 0.29) is 11.5 Å². The molecule has 0 unspecified atom stereocenters. The number of fused-ring (bicyclic) bond motifs is 4. The summed E-state index contributed by atoms with van der Waals surface area (Å²) in [5, 5.41) is 3.57. The molecular formula is C27H34N2O. The fraction of sp³-hybridized carbons (Fsp3) is 0.519. The van der Waals surface area contributed by atoms with Gasteiger partial charge in [0.25, 0.3) is 0 Å². The fourth-order valence-corrected chi connectivity index (χ4v) is 5.70. The molecule has 1 N–H and O–H groups in total. The second-order valence-electron chi connectivity index (χ2n) is 10.0. The second kappa shape index (κ2) is 7.53. The summed E-state index contributed by atoms with van der Waals surface area (Å²) in [4.78, 5) is 16.0. The van der Waals surface area contributed by atoms with E-state index >= 15 is 0 Å². The maximum Gasteiger partial charge on any atom is 0.180 e. The lowest BCUT2D eigenvalue weighted by Crippen LogP contribution is -2.61. The Hall–Kier alpha value is -2.13. The molecule has 3 atom stereocenters. The summed E-state index contributed by atoms with van der Waals surface area (Å²) in [6, 6.07) is 15.2. The Labute approximate surface area is 180 Å². The van der Waals surface area contributed by atoms with E-state index in [2.05, 4.69) is 73.5 Å². The van der Waals surface area contributed by atoms with Gasteiger partial charge in [0.1, 0.15) is 0 Å². The van der Waals surface area contributed by atoms with Crippen LogP contribution in [0.25, 0.3) is 0 Å². The molecule has 2 aromatic carbocycles. The molecule has 2 fully saturated rings. The molecular weight excluding hydrogens is 368 g/mol. The first-order valence-corrected chi connectivity index (χ1v) is 11.8. The minimum absolute atomic E-state index is 0.0572. The monoisotopic (exact) mass is 402 g/mol. The van der Waals surface area contributed by atoms with E-state index in [1.54, 1.807) is 0 Å². The predicted molar refractivity (Wildman–Crippen MR) is 124 cm³/mol. The average Bonchev–Trinajstić information content (AvgIpc) is 3.56. The van der Waals surface area contributed by atoms with Crippen molar-refractivity contribution in [3.63, 3.8) is 0 Å². The van der Waals surface area contributed by atoms with Gasteiger partial charge in [0, 0.05) is 23.5 Å². The highest BCUT2D eigenvalue weighted by Crippen LogP contribution is 2.50. The van der Waals surface area contributed by atoms with E-state index in [4.69, 9.17) is 0 Å². The quantitative estimate of drug-likeness (QED) is 0.647. The number of nitrogens with one attached hydrogen (secondary N) is 1. The van der Waals surface area contributed by atoms with Gasteiger partial charge in [0.05, 0.1) is 6.04 Å². The van der Waals surface area contributed by atoms with Crippen molar-refractivity contribution in [2.24, 2.45) is 11.8 Å². The number of anilines is 2. The van der Waals surface area contributed by atoms with Crippen molar-refractivity contribution in [3.8, 4) is 0 Å². The van der Waals surface area contributed by atoms with Gasteiger partial charge in [0.15, 0.2) is 5.78 Å². The third-order valence-corrected chi connectivity index (χ3v) is 7.93. The number of hydrogen-bond acceptors (Lipinski definition) is 3. The summed E-state index contributed by atoms with van der Waals surface area (Å²) in [5.74, 6) is 1.52. The normalized spacial score (nSPS) is 28.3. The van der Waals surface area contributed by atoms with Crippen molar-refractivity contribution >= 4 is 17.2 Å². The molecule has 1 aliphatic heterocycles. The van der Waals surface area contributed by atoms with Gasteiger partial charge in [-0.1, -0.05) is 39.3 Å². The molecule has 0 radical (unpaired) electrons. The first-order chi connectivity index (χ1) is 14.5. The number of benzene rings is 2. The summed E-state index contributed by atoms with van der Waals surface area (Å²) in [6.07, 6.45) is 6.10. The lowest BCUT2D eigenvalue weighted by Gasteiger charge is -2.53. The van der Waals surface area contributed by atoms with Gasteiger partial charge in [-0.3, -0.25) is 9.69 Å². The number of ketones is 1. The number of rotatable bonds is 6. The zero-order valence-electron chi connectivity index (χ0n) is 18.6. The molecule has 158 valence electrons. The molecule has 1 saturated heterocycles. The Bertz CT molecular complexity index is 946. The molecule has 30 heavy (non-hydrogen) atoms. The maximum absolute atomic E-state index is 13.5. The van der Waals surface area contributed by atoms with Crippen LogP contribution in [-0.2, 0) is 11.8 Å². The number of aryl methyl sites for hydroxylation is 1. The molecule has 2 aromatic rings. The third-order valence-electron chi connectivity index (χ3n) is 7.93. The van der Waals surface area contributed by atoms with Crippen molar-refractivity contribution in [1.29, 1.82) is 0 Å². The van der Waals surface area contributed by atoms with Crippen LogP contribution in [0.15, 0.2) is 42.5 Å². The molecule has 2 aliphatic carbocycles. The zero-order chi connectivity index (χ0) is 20.9. The van der Waals surface area contributed by atoms with Gasteiger partial charge >= 0.3 is 0 Å². The largest absolute Gasteiger partial charge is 0.356 e. The van der Waals surface area contributed by atoms with E-state index < -0.39 is 0 Å². The van der Waals surface area contributed by atoms with Crippen molar-refractivity contribution < 1.29 is 4.79 Å². The molecule has 3 heteroatoms. The molecule has 0 aromatic heterocycles. The molecule has 0 amide bonds. The third kappa shape index (κ3) is 3.37. The van der Waals surface area contributed by atoms with Crippen LogP contribution in [0, 0.1) is 11.8 Å². The molecule has 0 spiro atoms. The van der Waals surface area contributed by atoms with Gasteiger partial charge in [-0.15, -0.1) is 0 Å². The molecule has 3 aliphatic rings. The zero-order valence-corrected chi connectivity index (χ0v) is 18.6. The lowest BCUT2D eigenvalue weighted by molar-refractivity contribution is 0.0266. The molecule has 2 bridgehead atoms. The number of carbonyl (C=O) groups is 1. The Morgan fingerprint density at radius 3 is 2.53 bits per heavy atom. The summed E-state index contributed by atoms with van der Waals surface area (Å²) in [5.41, 5.74) is 5.82. The molecule has 1 saturated carbocycles. The van der Waals surface area contributed by atoms with E-state index in [0.29, 0.717) is 11.7 Å². The number of piperidine rings is 1. The number of hydrogen-bond donors (Lipinski definition) is 1. The Morgan fingerprint density at radius 1 is 1.10 bits per heavy atom. The highest BCUT2D eigenvalue weighted by Gasteiger charge is 2.52. The van der Waals surface area contributed by atoms with Gasteiger partial charge in [-0.2, -0.15) is 0 Å². The number of Topliss-reactive ketones (excluding diaryl/α,β-unsaturated/α-hetero) is 1. The summed E-state index contributed by atoms with van der Waals surface area (Å²) >= 11 is 0. The van der Waals surface area contributed by atoms with E-state index in [9.17, 15) is 4.79 Å². The van der Waals surface area contributed by atoms with Gasteiger partial charge < -0.3 is 5.32 Å². The van der Waals surface area contributed by atoms with Crippen LogP contribution in [0.5, 0.6) is 0 Å². The van der Waals surface area contributed by atoms with Crippen molar-refractivity contribution in [3.05, 3.63) is 59.2 Å². The number of likely N-dealkylation sites (tertiary alicyclic amines) is 1. The standard InChI is InChI=1S/C27H34N2O/c1-4-5-19-8-10-21(11-9-19)28-22-12-13-23-24(16-22)27(3)14-15-29(17-20-6-7-20)25(18(27)2)26(23)30/h8-13,16,18,20,25,28H,4-7,14-15,17H2,1-3H3/t18-,25-,27-/m0/s1. The van der Waals surface area contributed by atoms with Crippen LogP contribution in [0.2, 0.25) is 0 Å². The highest BCUT2D eigenvalue weighted by molar-refractivity contribution is 6.04. The average molecular weight is 403 g/mol. The van der Waals surface area contributed by atoms with E-state index in [0.717, 1.165) is 48.8 Å². The minimum atomic E-state index is 0.0572. The summed E-state index contributed by atoms with van der Waals surface area (Å²) < 4.78 is 0. The van der Waals surface area contributed by atoms with Gasteiger partial charge in [-0.25, -0.2) is 0 Å². The lowest BCUT2D eigenvalue weighted by atomic mass is 9.58. The molecule has 5 rings (SSSR count). The van der Waals surface area contributed by atoms with Crippen molar-refractivity contribution in [2.75, 3.05) is 18.4 Å². The van der Waals surface area contributed by atoms with Gasteiger partial charge in [-0.05, 0) is 90.9 Å². The van der Waals surface area contributed by atoms with E-state index in [1.165, 1.54) is 30.4 Å². The van der Waals surface area contributed by atoms with Crippen LogP contribution >= 0.6 is 0 Å². The summed E-state index contributed by atoms with van der Waals surface area (Å²) in [7, 11) is 0. The predicted octanol–water partition coefficient (Wildman–Crippen LogP) is 5.96. The number of carbonyl (C=O) groups excluding carboxylic acids is 1. The van der Waals surface area contributed by atoms with E-state index in [1.807, 2.05) is 0 Å².